The highest BCUT2D eigenvalue weighted by Gasteiger charge is 2.11. The van der Waals surface area contributed by atoms with E-state index in [9.17, 15) is 0 Å². The van der Waals surface area contributed by atoms with E-state index in [1.165, 1.54) is 5.56 Å². The van der Waals surface area contributed by atoms with Crippen LogP contribution in [0.2, 0.25) is 0 Å². The van der Waals surface area contributed by atoms with Gasteiger partial charge < -0.3 is 5.11 Å². The van der Waals surface area contributed by atoms with Gasteiger partial charge in [-0.15, -0.1) is 11.3 Å². The van der Waals surface area contributed by atoms with Crippen LogP contribution in [-0.4, -0.2) is 15.1 Å². The van der Waals surface area contributed by atoms with E-state index in [1.807, 2.05) is 17.5 Å². The Morgan fingerprint density at radius 3 is 2.94 bits per heavy atom. The second-order valence-electron chi connectivity index (χ2n) is 4.13. The molecule has 0 aliphatic carbocycles. The van der Waals surface area contributed by atoms with Crippen molar-refractivity contribution < 1.29 is 5.11 Å². The van der Waals surface area contributed by atoms with E-state index >= 15 is 0 Å². The number of aromatic nitrogens is 2. The van der Waals surface area contributed by atoms with Gasteiger partial charge in [0.1, 0.15) is 5.01 Å². The van der Waals surface area contributed by atoms with Crippen molar-refractivity contribution in [1.29, 1.82) is 0 Å². The first-order valence-electron chi connectivity index (χ1n) is 5.69. The molecule has 0 amide bonds. The van der Waals surface area contributed by atoms with Crippen molar-refractivity contribution in [3.63, 3.8) is 0 Å². The molecule has 0 aliphatic rings. The first kappa shape index (κ1) is 11.3. The van der Waals surface area contributed by atoms with E-state index in [4.69, 9.17) is 5.11 Å². The molecule has 0 unspecified atom stereocenters. The molecule has 3 nitrogen and oxygen atoms in total. The van der Waals surface area contributed by atoms with Crippen molar-refractivity contribution >= 4 is 22.2 Å². The summed E-state index contributed by atoms with van der Waals surface area (Å²) < 4.78 is 0. The number of thiazole rings is 1. The Bertz CT molecular complexity index is 706. The largest absolute Gasteiger partial charge is 0.390 e. The molecule has 2 heterocycles. The van der Waals surface area contributed by atoms with Gasteiger partial charge in [0.25, 0.3) is 0 Å². The van der Waals surface area contributed by atoms with Crippen LogP contribution < -0.4 is 0 Å². The lowest BCUT2D eigenvalue weighted by Crippen LogP contribution is -1.88. The summed E-state index contributed by atoms with van der Waals surface area (Å²) in [4.78, 5) is 8.81. The number of aliphatic hydroxyl groups is 1. The van der Waals surface area contributed by atoms with Crippen LogP contribution >= 0.6 is 11.3 Å². The molecule has 18 heavy (non-hydrogen) atoms. The lowest BCUT2D eigenvalue weighted by molar-refractivity contribution is 0.278. The van der Waals surface area contributed by atoms with Gasteiger partial charge in [-0.05, 0) is 24.6 Å². The van der Waals surface area contributed by atoms with Crippen molar-refractivity contribution in [3.05, 3.63) is 47.1 Å². The molecule has 1 aromatic carbocycles. The van der Waals surface area contributed by atoms with Gasteiger partial charge in [-0.1, -0.05) is 12.1 Å². The van der Waals surface area contributed by atoms with Crippen molar-refractivity contribution in [2.24, 2.45) is 0 Å². The standard InChI is InChI=1S/C14H12N2OS/c1-9-4-5-12-11(3-2-6-15-12)13(9)14-16-10(7-17)8-18-14/h2-6,8,17H,7H2,1H3. The highest BCUT2D eigenvalue weighted by molar-refractivity contribution is 7.13. The van der Waals surface area contributed by atoms with Gasteiger partial charge in [0.2, 0.25) is 0 Å². The van der Waals surface area contributed by atoms with Gasteiger partial charge in [-0.2, -0.15) is 0 Å². The fourth-order valence-corrected chi connectivity index (χ4v) is 2.97. The predicted molar refractivity (Wildman–Crippen MR) is 73.5 cm³/mol. The Kier molecular flexibility index (Phi) is 2.81. The topological polar surface area (TPSA) is 46.0 Å². The predicted octanol–water partition coefficient (Wildman–Crippen LogP) is 3.16. The van der Waals surface area contributed by atoms with Crippen LogP contribution in [0.25, 0.3) is 21.5 Å². The van der Waals surface area contributed by atoms with Gasteiger partial charge in [-0.3, -0.25) is 4.98 Å². The summed E-state index contributed by atoms with van der Waals surface area (Å²) in [5.41, 5.74) is 3.98. The number of benzene rings is 1. The third kappa shape index (κ3) is 1.79. The molecule has 0 saturated carbocycles. The number of rotatable bonds is 2. The molecule has 2 aromatic heterocycles. The number of nitrogens with zero attached hydrogens (tertiary/aromatic N) is 2. The summed E-state index contributed by atoms with van der Waals surface area (Å²) in [6, 6.07) is 8.08. The zero-order valence-corrected chi connectivity index (χ0v) is 10.7. The van der Waals surface area contributed by atoms with E-state index in [0.717, 1.165) is 27.2 Å². The van der Waals surface area contributed by atoms with Gasteiger partial charge in [0.05, 0.1) is 17.8 Å². The smallest absolute Gasteiger partial charge is 0.124 e. The molecule has 4 heteroatoms. The molecule has 0 bridgehead atoms. The molecule has 1 N–H and O–H groups in total. The number of pyridine rings is 1. The van der Waals surface area contributed by atoms with Gasteiger partial charge in [0, 0.05) is 22.5 Å². The molecule has 0 aliphatic heterocycles. The highest BCUT2D eigenvalue weighted by atomic mass is 32.1. The summed E-state index contributed by atoms with van der Waals surface area (Å²) in [6.07, 6.45) is 1.79. The Labute approximate surface area is 109 Å². The molecule has 3 rings (SSSR count). The molecular weight excluding hydrogens is 244 g/mol. The van der Waals surface area contributed by atoms with Crippen LogP contribution in [0.1, 0.15) is 11.3 Å². The number of aryl methyl sites for hydroxylation is 1. The van der Waals surface area contributed by atoms with E-state index in [-0.39, 0.29) is 6.61 Å². The van der Waals surface area contributed by atoms with Crippen molar-refractivity contribution in [2.75, 3.05) is 0 Å². The van der Waals surface area contributed by atoms with Crippen LogP contribution in [0.15, 0.2) is 35.8 Å². The van der Waals surface area contributed by atoms with Crippen LogP contribution in [-0.2, 0) is 6.61 Å². The van der Waals surface area contributed by atoms with Crippen LogP contribution in [0.5, 0.6) is 0 Å². The summed E-state index contributed by atoms with van der Waals surface area (Å²) in [7, 11) is 0. The fourth-order valence-electron chi connectivity index (χ4n) is 2.04. The highest BCUT2D eigenvalue weighted by Crippen LogP contribution is 2.33. The normalized spacial score (nSPS) is 11.0. The first-order chi connectivity index (χ1) is 8.79. The maximum atomic E-state index is 9.11. The molecule has 0 fully saturated rings. The molecule has 90 valence electrons. The van der Waals surface area contributed by atoms with Crippen molar-refractivity contribution in [1.82, 2.24) is 9.97 Å². The van der Waals surface area contributed by atoms with Crippen molar-refractivity contribution in [3.8, 4) is 10.6 Å². The maximum Gasteiger partial charge on any atom is 0.124 e. The van der Waals surface area contributed by atoms with E-state index < -0.39 is 0 Å². The van der Waals surface area contributed by atoms with Gasteiger partial charge >= 0.3 is 0 Å². The zero-order valence-electron chi connectivity index (χ0n) is 9.92. The quantitative estimate of drug-likeness (QED) is 0.766. The molecule has 0 radical (unpaired) electrons. The minimum atomic E-state index is -0.0153. The minimum Gasteiger partial charge on any atom is -0.390 e. The molecule has 0 saturated heterocycles. The van der Waals surface area contributed by atoms with E-state index in [0.29, 0.717) is 0 Å². The number of fused-ring (bicyclic) bond motifs is 1. The maximum absolute atomic E-state index is 9.11. The Morgan fingerprint density at radius 2 is 2.17 bits per heavy atom. The van der Waals surface area contributed by atoms with E-state index in [1.54, 1.807) is 17.5 Å². The summed E-state index contributed by atoms with van der Waals surface area (Å²) in [6.45, 7) is 2.06. The third-order valence-electron chi connectivity index (χ3n) is 2.92. The first-order valence-corrected chi connectivity index (χ1v) is 6.57. The Hall–Kier alpha value is -1.78. The second kappa shape index (κ2) is 4.48. The monoisotopic (exact) mass is 256 g/mol. The van der Waals surface area contributed by atoms with Crippen molar-refractivity contribution in [2.45, 2.75) is 13.5 Å². The molecular formula is C14H12N2OS. The average molecular weight is 256 g/mol. The number of hydrogen-bond acceptors (Lipinski definition) is 4. The lowest BCUT2D eigenvalue weighted by atomic mass is 10.0. The number of aliphatic hydroxyl groups excluding tert-OH is 1. The summed E-state index contributed by atoms with van der Waals surface area (Å²) in [5, 5.41) is 13.1. The average Bonchev–Trinajstić information content (AvgIpc) is 2.87. The molecule has 0 spiro atoms. The second-order valence-corrected chi connectivity index (χ2v) is 4.99. The fraction of sp³-hybridized carbons (Fsp3) is 0.143. The summed E-state index contributed by atoms with van der Waals surface area (Å²) >= 11 is 1.56. The van der Waals surface area contributed by atoms with Crippen LogP contribution in [0.4, 0.5) is 0 Å². The molecule has 0 atom stereocenters. The minimum absolute atomic E-state index is 0.0153. The Morgan fingerprint density at radius 1 is 1.28 bits per heavy atom. The SMILES string of the molecule is Cc1ccc2ncccc2c1-c1nc(CO)cs1. The third-order valence-corrected chi connectivity index (χ3v) is 3.83. The van der Waals surface area contributed by atoms with Gasteiger partial charge in [-0.25, -0.2) is 4.98 Å². The summed E-state index contributed by atoms with van der Waals surface area (Å²) in [5.74, 6) is 0. The lowest BCUT2D eigenvalue weighted by Gasteiger charge is -2.06. The number of hydrogen-bond donors (Lipinski definition) is 1. The zero-order chi connectivity index (χ0) is 12.5. The van der Waals surface area contributed by atoms with E-state index in [2.05, 4.69) is 29.0 Å². The van der Waals surface area contributed by atoms with Crippen LogP contribution in [0.3, 0.4) is 0 Å². The van der Waals surface area contributed by atoms with Crippen LogP contribution in [0, 0.1) is 6.92 Å². The molecule has 3 aromatic rings. The van der Waals surface area contributed by atoms with Gasteiger partial charge in [0.15, 0.2) is 0 Å². The Balaban J connectivity index is 2.29.